The smallest absolute Gasteiger partial charge is 0.0413 e. The Morgan fingerprint density at radius 3 is 2.07 bits per heavy atom. The van der Waals surface area contributed by atoms with Crippen LogP contribution in [0.2, 0.25) is 0 Å². The Morgan fingerprint density at radius 1 is 0.829 bits per heavy atom. The first kappa shape index (κ1) is 28.9. The van der Waals surface area contributed by atoms with Crippen LogP contribution in [-0.2, 0) is 17.0 Å². The molecule has 2 aromatic carbocycles. The Bertz CT molecular complexity index is 1160. The third kappa shape index (κ3) is 5.38. The van der Waals surface area contributed by atoms with Crippen LogP contribution in [0.3, 0.4) is 0 Å². The second-order valence-electron chi connectivity index (χ2n) is 14.5. The molecule has 41 heavy (non-hydrogen) atoms. The highest BCUT2D eigenvalue weighted by molar-refractivity contribution is 7.58. The van der Waals surface area contributed by atoms with Gasteiger partial charge in [-0.15, -0.1) is 9.24 Å². The van der Waals surface area contributed by atoms with Crippen molar-refractivity contribution in [2.24, 2.45) is 23.7 Å². The highest BCUT2D eigenvalue weighted by atomic mass is 31.1. The SMILES string of the molecule is CC(C)(c1ccccc1)c1ccc(C23CC4CC(CC(C4)C2CP)C3)c(CP(C2CNCCN2)C2CNCCN2)c1. The molecule has 222 valence electrons. The molecule has 0 radical (unpaired) electrons. The van der Waals surface area contributed by atoms with Crippen LogP contribution in [0, 0.1) is 23.7 Å². The Kier molecular flexibility index (Phi) is 8.39. The number of piperazine rings is 2. The number of hydrogen-bond acceptors (Lipinski definition) is 4. The predicted molar refractivity (Wildman–Crippen MR) is 178 cm³/mol. The molecule has 6 atom stereocenters. The molecule has 6 aliphatic rings. The monoisotopic (exact) mass is 590 g/mol. The van der Waals surface area contributed by atoms with Gasteiger partial charge in [-0.3, -0.25) is 0 Å². The molecule has 2 aromatic rings. The number of rotatable bonds is 8. The largest absolute Gasteiger partial charge is 0.314 e. The van der Waals surface area contributed by atoms with Crippen molar-refractivity contribution < 1.29 is 0 Å². The van der Waals surface area contributed by atoms with Gasteiger partial charge in [-0.1, -0.05) is 70.3 Å². The maximum absolute atomic E-state index is 3.98. The van der Waals surface area contributed by atoms with Crippen LogP contribution in [0.4, 0.5) is 0 Å². The van der Waals surface area contributed by atoms with Gasteiger partial charge in [0, 0.05) is 56.2 Å². The van der Waals surface area contributed by atoms with Crippen molar-refractivity contribution in [1.82, 2.24) is 21.3 Å². The van der Waals surface area contributed by atoms with Crippen molar-refractivity contribution >= 4 is 17.2 Å². The summed E-state index contributed by atoms with van der Waals surface area (Å²) in [5.74, 6) is 4.77. The summed E-state index contributed by atoms with van der Waals surface area (Å²) in [6.45, 7) is 11.4. The van der Waals surface area contributed by atoms with Crippen LogP contribution < -0.4 is 21.3 Å². The van der Waals surface area contributed by atoms with E-state index in [-0.39, 0.29) is 13.3 Å². The third-order valence-electron chi connectivity index (χ3n) is 11.8. The lowest BCUT2D eigenvalue weighted by Crippen LogP contribution is -2.56. The molecule has 0 aromatic heterocycles. The van der Waals surface area contributed by atoms with E-state index in [0.29, 0.717) is 17.0 Å². The fraction of sp³-hybridized carbons (Fsp3) is 0.657. The highest BCUT2D eigenvalue weighted by Gasteiger charge is 2.57. The van der Waals surface area contributed by atoms with Gasteiger partial charge in [0.05, 0.1) is 0 Å². The molecule has 2 aliphatic heterocycles. The van der Waals surface area contributed by atoms with Crippen LogP contribution in [0.5, 0.6) is 0 Å². The third-order valence-corrected chi connectivity index (χ3v) is 15.4. The molecule has 4 nitrogen and oxygen atoms in total. The van der Waals surface area contributed by atoms with Gasteiger partial charge in [0.15, 0.2) is 0 Å². The first-order chi connectivity index (χ1) is 20.0. The molecular weight excluding hydrogens is 538 g/mol. The van der Waals surface area contributed by atoms with Crippen LogP contribution in [0.25, 0.3) is 0 Å². The van der Waals surface area contributed by atoms with Crippen LogP contribution >= 0.6 is 17.2 Å². The minimum atomic E-state index is -0.304. The van der Waals surface area contributed by atoms with Gasteiger partial charge < -0.3 is 21.3 Å². The molecule has 6 fully saturated rings. The van der Waals surface area contributed by atoms with Gasteiger partial charge in [0.2, 0.25) is 0 Å². The first-order valence-electron chi connectivity index (χ1n) is 16.5. The minimum absolute atomic E-state index is 0.0198. The van der Waals surface area contributed by atoms with E-state index in [1.807, 2.05) is 0 Å². The maximum atomic E-state index is 3.98. The van der Waals surface area contributed by atoms with Crippen LogP contribution in [0.15, 0.2) is 48.5 Å². The average Bonchev–Trinajstić information content (AvgIpc) is 3.00. The Morgan fingerprint density at radius 2 is 1.49 bits per heavy atom. The number of benzene rings is 2. The summed E-state index contributed by atoms with van der Waals surface area (Å²) in [6.07, 6.45) is 9.82. The molecule has 6 heteroatoms. The van der Waals surface area contributed by atoms with Gasteiger partial charge in [0.25, 0.3) is 0 Å². The standard InChI is InChI=1S/C35H52N4P2/c1-34(2,28-6-4-3-5-7-28)29-8-9-30(35-18-24-14-25(19-35)16-26(15-24)31(35)22-40)27(17-29)23-41(32-20-36-10-12-38-32)33-21-37-11-13-39-33/h3-9,17,24-26,31-33,36-39H,10-16,18-23,40H2,1-2H3. The molecule has 4 N–H and O–H groups in total. The first-order valence-corrected chi connectivity index (χ1v) is 19.0. The molecule has 4 aliphatic carbocycles. The van der Waals surface area contributed by atoms with Gasteiger partial charge in [-0.25, -0.2) is 0 Å². The van der Waals surface area contributed by atoms with Crippen molar-refractivity contribution in [3.05, 3.63) is 70.8 Å². The molecule has 0 amide bonds. The maximum Gasteiger partial charge on any atom is 0.0413 e. The summed E-state index contributed by atoms with van der Waals surface area (Å²) >= 11 is 0. The lowest BCUT2D eigenvalue weighted by atomic mass is 9.43. The number of nitrogens with one attached hydrogen (secondary N) is 4. The van der Waals surface area contributed by atoms with Crippen molar-refractivity contribution in [1.29, 1.82) is 0 Å². The van der Waals surface area contributed by atoms with E-state index in [1.165, 1.54) is 55.6 Å². The molecular formula is C35H52N4P2. The van der Waals surface area contributed by atoms with E-state index in [1.54, 1.807) is 11.1 Å². The fourth-order valence-corrected chi connectivity index (χ4v) is 13.8. The molecule has 0 spiro atoms. The van der Waals surface area contributed by atoms with E-state index in [4.69, 9.17) is 0 Å². The van der Waals surface area contributed by atoms with Crippen molar-refractivity contribution in [2.75, 3.05) is 45.4 Å². The average molecular weight is 591 g/mol. The zero-order valence-electron chi connectivity index (χ0n) is 25.3. The van der Waals surface area contributed by atoms with Crippen LogP contribution in [0.1, 0.15) is 68.2 Å². The summed E-state index contributed by atoms with van der Waals surface area (Å²) in [4.78, 5) is 0. The summed E-state index contributed by atoms with van der Waals surface area (Å²) in [6, 6.07) is 19.1. The Balaban J connectivity index is 1.33. The fourth-order valence-electron chi connectivity index (χ4n) is 9.98. The van der Waals surface area contributed by atoms with E-state index >= 15 is 0 Å². The predicted octanol–water partition coefficient (Wildman–Crippen LogP) is 5.60. The lowest BCUT2D eigenvalue weighted by Gasteiger charge is -2.62. The van der Waals surface area contributed by atoms with Crippen molar-refractivity contribution in [3.8, 4) is 0 Å². The molecule has 4 saturated carbocycles. The zero-order chi connectivity index (χ0) is 28.0. The summed E-state index contributed by atoms with van der Waals surface area (Å²) < 4.78 is 0. The molecule has 4 bridgehead atoms. The van der Waals surface area contributed by atoms with Crippen molar-refractivity contribution in [3.63, 3.8) is 0 Å². The zero-order valence-corrected chi connectivity index (χ0v) is 27.3. The minimum Gasteiger partial charge on any atom is -0.314 e. The Hall–Kier alpha value is -0.860. The van der Waals surface area contributed by atoms with Crippen LogP contribution in [-0.4, -0.2) is 57.0 Å². The lowest BCUT2D eigenvalue weighted by molar-refractivity contribution is -0.0520. The van der Waals surface area contributed by atoms with E-state index in [9.17, 15) is 0 Å². The highest BCUT2D eigenvalue weighted by Crippen LogP contribution is 2.65. The Labute approximate surface area is 252 Å². The van der Waals surface area contributed by atoms with Gasteiger partial charge in [-0.05, 0) is 95.8 Å². The van der Waals surface area contributed by atoms with E-state index in [0.717, 1.165) is 62.9 Å². The van der Waals surface area contributed by atoms with Gasteiger partial charge in [-0.2, -0.15) is 0 Å². The topological polar surface area (TPSA) is 48.1 Å². The quantitative estimate of drug-likeness (QED) is 0.303. The summed E-state index contributed by atoms with van der Waals surface area (Å²) in [5.41, 5.74) is 6.68. The summed E-state index contributed by atoms with van der Waals surface area (Å²) in [7, 11) is 2.90. The molecule has 8 rings (SSSR count). The van der Waals surface area contributed by atoms with Gasteiger partial charge >= 0.3 is 0 Å². The van der Waals surface area contributed by atoms with E-state index < -0.39 is 0 Å². The summed E-state index contributed by atoms with van der Waals surface area (Å²) in [5, 5.41) is 15.4. The second kappa shape index (κ2) is 11.9. The number of hydrogen-bond donors (Lipinski definition) is 4. The van der Waals surface area contributed by atoms with Crippen molar-refractivity contribution in [2.45, 2.75) is 74.5 Å². The molecule has 2 saturated heterocycles. The molecule has 2 heterocycles. The molecule has 6 unspecified atom stereocenters. The van der Waals surface area contributed by atoms with Gasteiger partial charge in [0.1, 0.15) is 0 Å². The normalized spacial score (nSPS) is 35.9. The second-order valence-corrected chi connectivity index (χ2v) is 17.6. The van der Waals surface area contributed by atoms with E-state index in [2.05, 4.69) is 92.9 Å².